The summed E-state index contributed by atoms with van der Waals surface area (Å²) in [6, 6.07) is 5.87. The molecule has 0 bridgehead atoms. The smallest absolute Gasteiger partial charge is 0.186 e. The van der Waals surface area contributed by atoms with Crippen LogP contribution >= 0.6 is 38.6 Å². The van der Waals surface area contributed by atoms with Crippen molar-refractivity contribution in [2.24, 2.45) is 0 Å². The molecule has 2 rings (SSSR count). The summed E-state index contributed by atoms with van der Waals surface area (Å²) >= 11 is 6.54. The first-order valence-electron chi connectivity index (χ1n) is 5.13. The van der Waals surface area contributed by atoms with Crippen molar-refractivity contribution >= 4 is 44.4 Å². The summed E-state index contributed by atoms with van der Waals surface area (Å²) < 4.78 is 1.00. The van der Waals surface area contributed by atoms with Gasteiger partial charge in [0.1, 0.15) is 0 Å². The lowest BCUT2D eigenvalue weighted by Gasteiger charge is -2.14. The first-order chi connectivity index (χ1) is 8.15. The van der Waals surface area contributed by atoms with Gasteiger partial charge in [-0.05, 0) is 57.5 Å². The lowest BCUT2D eigenvalue weighted by molar-refractivity contribution is 0.0947. The number of carbonyl (C=O) groups excluding carboxylic acids is 1. The molecule has 5 heteroatoms. The molecule has 0 aliphatic heterocycles. The van der Waals surface area contributed by atoms with Crippen LogP contribution < -0.4 is 0 Å². The number of ketones is 1. The molecule has 0 aliphatic rings. The largest absolute Gasteiger partial charge is 0.295 e. The van der Waals surface area contributed by atoms with Gasteiger partial charge in [-0.15, -0.1) is 11.3 Å². The second-order valence-electron chi connectivity index (χ2n) is 3.83. The van der Waals surface area contributed by atoms with Gasteiger partial charge in [-0.2, -0.15) is 11.3 Å². The number of Topliss-reactive ketones (excluding diaryl/α,β-unsaturated/α-hetero) is 1. The summed E-state index contributed by atoms with van der Waals surface area (Å²) in [5.74, 6) is 0.179. The fourth-order valence-electron chi connectivity index (χ4n) is 1.54. The molecule has 0 fully saturated rings. The van der Waals surface area contributed by atoms with Gasteiger partial charge in [0.05, 0.1) is 15.2 Å². The first-order valence-corrected chi connectivity index (χ1v) is 7.68. The van der Waals surface area contributed by atoms with Gasteiger partial charge >= 0.3 is 0 Å². The van der Waals surface area contributed by atoms with E-state index >= 15 is 0 Å². The third-order valence-corrected chi connectivity index (χ3v) is 4.69. The van der Waals surface area contributed by atoms with Gasteiger partial charge in [0.25, 0.3) is 0 Å². The summed E-state index contributed by atoms with van der Waals surface area (Å²) in [5.41, 5.74) is 1.26. The maximum atomic E-state index is 11.9. The first kappa shape index (κ1) is 13.0. The Morgan fingerprint density at radius 3 is 2.82 bits per heavy atom. The number of carbonyl (C=O) groups is 1. The molecule has 90 valence electrons. The van der Waals surface area contributed by atoms with Gasteiger partial charge in [-0.3, -0.25) is 9.69 Å². The number of halogens is 1. The molecule has 2 aromatic rings. The molecule has 0 atom stereocenters. The highest BCUT2D eigenvalue weighted by molar-refractivity contribution is 9.11. The molecule has 0 aliphatic carbocycles. The quantitative estimate of drug-likeness (QED) is 0.775. The highest BCUT2D eigenvalue weighted by Gasteiger charge is 2.11. The molecule has 2 heterocycles. The lowest BCUT2D eigenvalue weighted by atomic mass is 10.2. The maximum Gasteiger partial charge on any atom is 0.186 e. The van der Waals surface area contributed by atoms with E-state index in [0.29, 0.717) is 6.54 Å². The van der Waals surface area contributed by atoms with E-state index in [1.807, 2.05) is 24.1 Å². The molecule has 0 radical (unpaired) electrons. The van der Waals surface area contributed by atoms with Crippen LogP contribution in [-0.4, -0.2) is 24.3 Å². The van der Waals surface area contributed by atoms with Crippen LogP contribution in [0.2, 0.25) is 0 Å². The Balaban J connectivity index is 1.90. The molecule has 0 spiro atoms. The predicted molar refractivity (Wildman–Crippen MR) is 77.0 cm³/mol. The van der Waals surface area contributed by atoms with E-state index in [0.717, 1.165) is 15.2 Å². The average molecular weight is 330 g/mol. The second kappa shape index (κ2) is 5.91. The van der Waals surface area contributed by atoms with Crippen molar-refractivity contribution in [1.29, 1.82) is 0 Å². The summed E-state index contributed by atoms with van der Waals surface area (Å²) in [6.07, 6.45) is 0. The van der Waals surface area contributed by atoms with Crippen molar-refractivity contribution in [3.63, 3.8) is 0 Å². The molecule has 2 aromatic heterocycles. The van der Waals surface area contributed by atoms with E-state index in [9.17, 15) is 4.79 Å². The molecular weight excluding hydrogens is 318 g/mol. The number of hydrogen-bond donors (Lipinski definition) is 0. The SMILES string of the molecule is CN(CC(=O)c1ccc(Br)s1)Cc1ccsc1. The van der Waals surface area contributed by atoms with Gasteiger partial charge in [0.2, 0.25) is 0 Å². The van der Waals surface area contributed by atoms with Crippen molar-refractivity contribution < 1.29 is 4.79 Å². The van der Waals surface area contributed by atoms with Crippen LogP contribution in [-0.2, 0) is 6.54 Å². The van der Waals surface area contributed by atoms with E-state index in [1.165, 1.54) is 16.9 Å². The van der Waals surface area contributed by atoms with Gasteiger partial charge in [-0.25, -0.2) is 0 Å². The summed E-state index contributed by atoms with van der Waals surface area (Å²) in [6.45, 7) is 1.28. The van der Waals surface area contributed by atoms with Crippen molar-refractivity contribution in [3.8, 4) is 0 Å². The number of hydrogen-bond acceptors (Lipinski definition) is 4. The molecule has 0 saturated carbocycles. The third-order valence-electron chi connectivity index (χ3n) is 2.29. The van der Waals surface area contributed by atoms with Crippen molar-refractivity contribution in [2.45, 2.75) is 6.54 Å². The Hall–Kier alpha value is -0.490. The van der Waals surface area contributed by atoms with Crippen LogP contribution in [0.3, 0.4) is 0 Å². The van der Waals surface area contributed by atoms with Crippen molar-refractivity contribution in [2.75, 3.05) is 13.6 Å². The van der Waals surface area contributed by atoms with Crippen molar-refractivity contribution in [3.05, 3.63) is 43.2 Å². The minimum absolute atomic E-state index is 0.179. The van der Waals surface area contributed by atoms with Crippen LogP contribution in [0.4, 0.5) is 0 Å². The van der Waals surface area contributed by atoms with Gasteiger partial charge in [0.15, 0.2) is 5.78 Å². The predicted octanol–water partition coefficient (Wildman–Crippen LogP) is 3.89. The Kier molecular flexibility index (Phi) is 4.50. The molecule has 0 amide bonds. The molecule has 0 unspecified atom stereocenters. The maximum absolute atomic E-state index is 11.9. The minimum atomic E-state index is 0.179. The zero-order chi connectivity index (χ0) is 12.3. The Morgan fingerprint density at radius 1 is 1.41 bits per heavy atom. The normalized spacial score (nSPS) is 11.0. The fraction of sp³-hybridized carbons (Fsp3) is 0.250. The Labute approximate surface area is 117 Å². The summed E-state index contributed by atoms with van der Waals surface area (Å²) in [5, 5.41) is 4.17. The summed E-state index contributed by atoms with van der Waals surface area (Å²) in [4.78, 5) is 14.8. The summed E-state index contributed by atoms with van der Waals surface area (Å²) in [7, 11) is 1.97. The standard InChI is InChI=1S/C12H12BrNOS2/c1-14(6-9-4-5-16-8-9)7-10(15)11-2-3-12(13)17-11/h2-5,8H,6-7H2,1H3. The van der Waals surface area contributed by atoms with Gasteiger partial charge in [0, 0.05) is 6.54 Å². The van der Waals surface area contributed by atoms with E-state index in [1.54, 1.807) is 11.3 Å². The second-order valence-corrected chi connectivity index (χ2v) is 7.07. The number of likely N-dealkylation sites (N-methyl/N-ethyl adjacent to an activating group) is 1. The molecule has 0 N–H and O–H groups in total. The third kappa shape index (κ3) is 3.74. The van der Waals surface area contributed by atoms with Crippen LogP contribution in [0.25, 0.3) is 0 Å². The molecule has 2 nitrogen and oxygen atoms in total. The van der Waals surface area contributed by atoms with Gasteiger partial charge in [-0.1, -0.05) is 0 Å². The lowest BCUT2D eigenvalue weighted by Crippen LogP contribution is -2.24. The topological polar surface area (TPSA) is 20.3 Å². The highest BCUT2D eigenvalue weighted by Crippen LogP contribution is 2.22. The Morgan fingerprint density at radius 2 is 2.24 bits per heavy atom. The molecule has 0 saturated heterocycles. The monoisotopic (exact) mass is 329 g/mol. The van der Waals surface area contributed by atoms with E-state index in [2.05, 4.69) is 32.8 Å². The zero-order valence-corrected chi connectivity index (χ0v) is 12.6. The zero-order valence-electron chi connectivity index (χ0n) is 9.35. The van der Waals surface area contributed by atoms with E-state index in [-0.39, 0.29) is 5.78 Å². The number of thiophene rings is 2. The van der Waals surface area contributed by atoms with Crippen molar-refractivity contribution in [1.82, 2.24) is 4.90 Å². The van der Waals surface area contributed by atoms with E-state index < -0.39 is 0 Å². The van der Waals surface area contributed by atoms with Crippen LogP contribution in [0, 0.1) is 0 Å². The highest BCUT2D eigenvalue weighted by atomic mass is 79.9. The minimum Gasteiger partial charge on any atom is -0.295 e. The fourth-order valence-corrected chi connectivity index (χ4v) is 3.51. The molecule has 17 heavy (non-hydrogen) atoms. The molecule has 0 aromatic carbocycles. The Bertz CT molecular complexity index is 492. The van der Waals surface area contributed by atoms with Crippen LogP contribution in [0.1, 0.15) is 15.2 Å². The average Bonchev–Trinajstić information content (AvgIpc) is 2.89. The van der Waals surface area contributed by atoms with Gasteiger partial charge < -0.3 is 0 Å². The molecular formula is C12H12BrNOS2. The number of nitrogens with zero attached hydrogens (tertiary/aromatic N) is 1. The van der Waals surface area contributed by atoms with E-state index in [4.69, 9.17) is 0 Å². The van der Waals surface area contributed by atoms with Crippen LogP contribution in [0.5, 0.6) is 0 Å². The number of rotatable bonds is 5. The van der Waals surface area contributed by atoms with Crippen LogP contribution in [0.15, 0.2) is 32.7 Å².